The smallest absolute Gasteiger partial charge is 0.306 e. The number of amides is 1. The molecule has 0 aromatic heterocycles. The molecule has 8 unspecified atom stereocenters. The Hall–Kier alpha value is -4.46. The Kier molecular flexibility index (Phi) is 59.1. The zero-order chi connectivity index (χ0) is 64.6. The highest BCUT2D eigenvalue weighted by molar-refractivity contribution is 5.80. The van der Waals surface area contributed by atoms with Crippen LogP contribution in [0.2, 0.25) is 0 Å². The molecule has 1 aliphatic heterocycles. The molecule has 1 saturated heterocycles. The second-order valence-corrected chi connectivity index (χ2v) is 23.9. The van der Waals surface area contributed by atoms with Crippen LogP contribution >= 0.6 is 0 Å². The van der Waals surface area contributed by atoms with Crippen molar-refractivity contribution in [1.29, 1.82) is 0 Å². The Labute approximate surface area is 543 Å². The van der Waals surface area contributed by atoms with E-state index in [1.807, 2.05) is 6.08 Å². The lowest BCUT2D eigenvalue weighted by atomic mass is 9.99. The Morgan fingerprint density at radius 2 is 0.809 bits per heavy atom. The van der Waals surface area contributed by atoms with Gasteiger partial charge in [-0.05, 0) is 122 Å². The number of allylic oxidation sites excluding steroid dienone is 23. The van der Waals surface area contributed by atoms with Crippen LogP contribution in [0.5, 0.6) is 0 Å². The molecule has 0 spiro atoms. The van der Waals surface area contributed by atoms with Crippen LogP contribution in [0.1, 0.15) is 271 Å². The Balaban J connectivity index is 2.58. The largest absolute Gasteiger partial charge is 0.454 e. The average molecular weight is 1240 g/mol. The van der Waals surface area contributed by atoms with Crippen molar-refractivity contribution in [3.8, 4) is 0 Å². The molecule has 0 bridgehead atoms. The number of nitrogens with one attached hydrogen (secondary N) is 1. The number of ether oxygens (including phenoxy) is 3. The highest BCUT2D eigenvalue weighted by atomic mass is 16.7. The lowest BCUT2D eigenvalue weighted by Gasteiger charge is -2.41. The van der Waals surface area contributed by atoms with E-state index in [0.717, 1.165) is 180 Å². The number of hydrogen-bond acceptors (Lipinski definition) is 10. The van der Waals surface area contributed by atoms with Gasteiger partial charge < -0.3 is 45.1 Å². The topological polar surface area (TPSA) is 175 Å². The molecule has 0 aliphatic carbocycles. The van der Waals surface area contributed by atoms with Crippen LogP contribution in [0.4, 0.5) is 0 Å². The van der Waals surface area contributed by atoms with E-state index >= 15 is 0 Å². The van der Waals surface area contributed by atoms with E-state index in [-0.39, 0.29) is 19.4 Å². The number of carbonyl (C=O) groups excluding carboxylic acids is 2. The first-order valence-electron chi connectivity index (χ1n) is 35.6. The molecule has 0 aromatic carbocycles. The third-order valence-electron chi connectivity index (χ3n) is 15.7. The molecule has 0 saturated carbocycles. The lowest BCUT2D eigenvalue weighted by Crippen LogP contribution is -2.61. The van der Waals surface area contributed by atoms with Crippen LogP contribution < -0.4 is 5.32 Å². The molecule has 11 heteroatoms. The van der Waals surface area contributed by atoms with Crippen molar-refractivity contribution < 1.29 is 49.3 Å². The van der Waals surface area contributed by atoms with Gasteiger partial charge >= 0.3 is 5.97 Å². The highest BCUT2D eigenvalue weighted by Gasteiger charge is 2.47. The summed E-state index contributed by atoms with van der Waals surface area (Å²) in [6, 6.07) is -1.04. The van der Waals surface area contributed by atoms with Gasteiger partial charge in [0.2, 0.25) is 5.91 Å². The number of aliphatic hydroxyl groups is 5. The van der Waals surface area contributed by atoms with Gasteiger partial charge in [-0.25, -0.2) is 0 Å². The summed E-state index contributed by atoms with van der Waals surface area (Å²) in [7, 11) is 0. The van der Waals surface area contributed by atoms with Gasteiger partial charge in [0.25, 0.3) is 0 Å². The lowest BCUT2D eigenvalue weighted by molar-refractivity contribution is -0.305. The maximum atomic E-state index is 13.5. The van der Waals surface area contributed by atoms with E-state index in [1.54, 1.807) is 6.08 Å². The molecule has 0 aromatic rings. The predicted octanol–water partition coefficient (Wildman–Crippen LogP) is 18.5. The summed E-state index contributed by atoms with van der Waals surface area (Å²) in [5, 5.41) is 57.2. The van der Waals surface area contributed by atoms with Crippen molar-refractivity contribution in [2.45, 2.75) is 320 Å². The minimum absolute atomic E-state index is 0.101. The zero-order valence-corrected chi connectivity index (χ0v) is 56.2. The monoisotopic (exact) mass is 1240 g/mol. The van der Waals surface area contributed by atoms with Gasteiger partial charge in [-0.15, -0.1) is 0 Å². The standard InChI is InChI=1S/C78H129NO10/c1-4-7-10-13-16-19-22-24-26-28-30-32-34-35-36-38-39-41-43-45-47-50-53-56-59-62-65-71(82)77(86)79-69(70(81)64-61-58-55-52-49-21-18-15-12-9-6-3)68-87-78-76(75(85)74(84)72(67-80)88-78)89-73(83)66-63-60-57-54-51-48-46-44-42-40-37-33-31-29-27-25-23-20-17-14-11-8-5-2/h7-8,10-11,16-17,19-20,24-27,30-33,35-36,39-42,61,64,69-72,74-76,78,80-82,84-85H,4-6,9,12-15,18,21-23,28-29,34,37-38,43-60,62-63,65-68H2,1-3H3,(H,79,86)/b10-7-,11-8-,19-16-,20-17-,26-24-,27-25-,32-30-,33-31-,36-35-,41-39-,42-40-,64-61+. The predicted molar refractivity (Wildman–Crippen MR) is 374 cm³/mol. The van der Waals surface area contributed by atoms with Crippen molar-refractivity contribution in [2.75, 3.05) is 13.2 Å². The third-order valence-corrected chi connectivity index (χ3v) is 15.7. The summed E-state index contributed by atoms with van der Waals surface area (Å²) in [4.78, 5) is 26.7. The highest BCUT2D eigenvalue weighted by Crippen LogP contribution is 2.26. The fourth-order valence-corrected chi connectivity index (χ4v) is 10.2. The molecule has 1 rings (SSSR count). The molecule has 1 amide bonds. The molecule has 1 aliphatic rings. The van der Waals surface area contributed by atoms with E-state index < -0.39 is 67.4 Å². The van der Waals surface area contributed by atoms with Gasteiger partial charge in [-0.2, -0.15) is 0 Å². The molecule has 89 heavy (non-hydrogen) atoms. The van der Waals surface area contributed by atoms with Gasteiger partial charge in [-0.3, -0.25) is 9.59 Å². The number of hydrogen-bond donors (Lipinski definition) is 6. The van der Waals surface area contributed by atoms with Crippen LogP contribution in [0.15, 0.2) is 146 Å². The summed E-state index contributed by atoms with van der Waals surface area (Å²) < 4.78 is 17.7. The van der Waals surface area contributed by atoms with Crippen molar-refractivity contribution in [2.24, 2.45) is 0 Å². The van der Waals surface area contributed by atoms with Crippen molar-refractivity contribution >= 4 is 11.9 Å². The van der Waals surface area contributed by atoms with Crippen molar-refractivity contribution in [3.63, 3.8) is 0 Å². The fourth-order valence-electron chi connectivity index (χ4n) is 10.2. The second kappa shape index (κ2) is 63.7. The Morgan fingerprint density at radius 3 is 1.21 bits per heavy atom. The number of esters is 1. The van der Waals surface area contributed by atoms with Crippen LogP contribution in [0.25, 0.3) is 0 Å². The third kappa shape index (κ3) is 50.8. The van der Waals surface area contributed by atoms with Crippen LogP contribution in [-0.4, -0.2) is 99.6 Å². The minimum atomic E-state index is -1.63. The van der Waals surface area contributed by atoms with Gasteiger partial charge in [0.15, 0.2) is 12.4 Å². The molecule has 1 heterocycles. The van der Waals surface area contributed by atoms with Crippen LogP contribution in [-0.2, 0) is 23.8 Å². The summed E-state index contributed by atoms with van der Waals surface area (Å²) >= 11 is 0. The Bertz CT molecular complexity index is 2010. The second-order valence-electron chi connectivity index (χ2n) is 23.9. The molecule has 8 atom stereocenters. The van der Waals surface area contributed by atoms with Crippen molar-refractivity contribution in [3.05, 3.63) is 146 Å². The summed E-state index contributed by atoms with van der Waals surface area (Å²) in [6.45, 7) is 5.55. The van der Waals surface area contributed by atoms with Gasteiger partial charge in [0.1, 0.15) is 24.4 Å². The number of unbranched alkanes of at least 4 members (excludes halogenated alkanes) is 23. The number of aliphatic hydroxyl groups excluding tert-OH is 5. The number of carbonyl (C=O) groups is 2. The van der Waals surface area contributed by atoms with E-state index in [0.29, 0.717) is 12.8 Å². The molecular weight excluding hydrogens is 1110 g/mol. The molecule has 11 nitrogen and oxygen atoms in total. The first-order chi connectivity index (χ1) is 43.7. The molecular formula is C78H129NO10. The van der Waals surface area contributed by atoms with Crippen LogP contribution in [0.3, 0.4) is 0 Å². The van der Waals surface area contributed by atoms with E-state index in [4.69, 9.17) is 14.2 Å². The summed E-state index contributed by atoms with van der Waals surface area (Å²) in [5.41, 5.74) is 0. The van der Waals surface area contributed by atoms with E-state index in [9.17, 15) is 35.1 Å². The first-order valence-corrected chi connectivity index (χ1v) is 35.6. The van der Waals surface area contributed by atoms with Gasteiger partial charge in [0, 0.05) is 6.42 Å². The molecule has 506 valence electrons. The van der Waals surface area contributed by atoms with Gasteiger partial charge in [-0.1, -0.05) is 289 Å². The fraction of sp³-hybridized carbons (Fsp3) is 0.667. The normalized spacial score (nSPS) is 19.0. The van der Waals surface area contributed by atoms with Gasteiger partial charge in [0.05, 0.1) is 25.4 Å². The van der Waals surface area contributed by atoms with Crippen LogP contribution in [0, 0.1) is 0 Å². The SMILES string of the molecule is CC/C=C\C/C=C\C/C=C\C/C=C\C/C=C\C/C=C\CCCCCCCCCC(O)C(=O)NC(COC1OC(CO)C(O)C(O)C1OC(=O)CCCCCCCCC/C=C\C/C=C\C/C=C\C/C=C\C/C=C\CC)C(O)/C=C/CCCCCCCCCCC. The van der Waals surface area contributed by atoms with E-state index in [1.165, 1.54) is 44.9 Å². The maximum Gasteiger partial charge on any atom is 0.306 e. The van der Waals surface area contributed by atoms with Crippen molar-refractivity contribution in [1.82, 2.24) is 5.32 Å². The summed E-state index contributed by atoms with van der Waals surface area (Å²) in [5.74, 6) is -1.22. The average Bonchev–Trinajstić information content (AvgIpc) is 2.45. The summed E-state index contributed by atoms with van der Waals surface area (Å²) in [6.07, 6.45) is 81.6. The maximum absolute atomic E-state index is 13.5. The molecule has 1 fully saturated rings. The first kappa shape index (κ1) is 82.6. The minimum Gasteiger partial charge on any atom is -0.454 e. The zero-order valence-electron chi connectivity index (χ0n) is 56.2. The quantitative estimate of drug-likeness (QED) is 0.0195. The number of rotatable bonds is 59. The molecule has 6 N–H and O–H groups in total. The molecule has 0 radical (unpaired) electrons. The van der Waals surface area contributed by atoms with E-state index in [2.05, 4.69) is 160 Å². The Morgan fingerprint density at radius 1 is 0.449 bits per heavy atom.